The fourth-order valence-corrected chi connectivity index (χ4v) is 1.42. The lowest BCUT2D eigenvalue weighted by atomic mass is 10.2. The van der Waals surface area contributed by atoms with E-state index >= 15 is 0 Å². The summed E-state index contributed by atoms with van der Waals surface area (Å²) in [5.41, 5.74) is 1.84. The Balaban J connectivity index is 2.26. The van der Waals surface area contributed by atoms with E-state index in [-0.39, 0.29) is 5.91 Å². The number of benzene rings is 1. The van der Waals surface area contributed by atoms with Gasteiger partial charge in [0.1, 0.15) is 0 Å². The summed E-state index contributed by atoms with van der Waals surface area (Å²) >= 11 is 0. The Labute approximate surface area is 88.1 Å². The van der Waals surface area contributed by atoms with Crippen LogP contribution in [0.3, 0.4) is 0 Å². The third-order valence-electron chi connectivity index (χ3n) is 2.17. The van der Waals surface area contributed by atoms with Crippen LogP contribution in [0.5, 0.6) is 0 Å². The second kappa shape index (κ2) is 4.09. The summed E-state index contributed by atoms with van der Waals surface area (Å²) in [5.74, 6) is -0.0371. The molecular formula is C12H12N2O. The maximum Gasteiger partial charge on any atom is 0.217 e. The van der Waals surface area contributed by atoms with E-state index in [9.17, 15) is 4.79 Å². The van der Waals surface area contributed by atoms with Crippen molar-refractivity contribution in [1.82, 2.24) is 10.3 Å². The summed E-state index contributed by atoms with van der Waals surface area (Å²) in [6.07, 6.45) is 0. The Kier molecular flexibility index (Phi) is 2.63. The van der Waals surface area contributed by atoms with E-state index in [0.717, 1.165) is 16.6 Å². The van der Waals surface area contributed by atoms with Crippen molar-refractivity contribution in [3.05, 3.63) is 42.1 Å². The highest BCUT2D eigenvalue weighted by molar-refractivity contribution is 5.78. The fraction of sp³-hybridized carbons (Fsp3) is 0.167. The first-order chi connectivity index (χ1) is 7.25. The lowest BCUT2D eigenvalue weighted by Crippen LogP contribution is -2.19. The Morgan fingerprint density at radius 2 is 2.07 bits per heavy atom. The minimum absolute atomic E-state index is 0.0371. The molecule has 0 fully saturated rings. The molecule has 0 atom stereocenters. The molecule has 1 N–H and O–H groups in total. The van der Waals surface area contributed by atoms with Gasteiger partial charge in [-0.25, -0.2) is 0 Å². The molecule has 3 nitrogen and oxygen atoms in total. The molecule has 0 spiro atoms. The summed E-state index contributed by atoms with van der Waals surface area (Å²) in [6.45, 7) is 1.99. The Hall–Kier alpha value is -1.90. The van der Waals surface area contributed by atoms with Gasteiger partial charge in [-0.2, -0.15) is 0 Å². The molecule has 1 heterocycles. The average Bonchev–Trinajstić information content (AvgIpc) is 2.26. The number of carbonyl (C=O) groups is 1. The van der Waals surface area contributed by atoms with E-state index in [1.54, 1.807) is 0 Å². The maximum atomic E-state index is 10.7. The smallest absolute Gasteiger partial charge is 0.217 e. The summed E-state index contributed by atoms with van der Waals surface area (Å²) in [5, 5.41) is 3.84. The van der Waals surface area contributed by atoms with Crippen molar-refractivity contribution < 1.29 is 4.79 Å². The lowest BCUT2D eigenvalue weighted by molar-refractivity contribution is -0.119. The van der Waals surface area contributed by atoms with Gasteiger partial charge in [-0.05, 0) is 12.1 Å². The molecule has 0 aliphatic heterocycles. The number of hydrogen-bond donors (Lipinski definition) is 1. The zero-order valence-electron chi connectivity index (χ0n) is 8.53. The molecule has 15 heavy (non-hydrogen) atoms. The second-order valence-corrected chi connectivity index (χ2v) is 3.41. The van der Waals surface area contributed by atoms with E-state index in [1.807, 2.05) is 36.4 Å². The molecule has 1 amide bonds. The Morgan fingerprint density at radius 3 is 2.87 bits per heavy atom. The maximum absolute atomic E-state index is 10.7. The highest BCUT2D eigenvalue weighted by atomic mass is 16.1. The summed E-state index contributed by atoms with van der Waals surface area (Å²) < 4.78 is 0. The van der Waals surface area contributed by atoms with Crippen LogP contribution < -0.4 is 5.32 Å². The zero-order chi connectivity index (χ0) is 10.7. The van der Waals surface area contributed by atoms with Crippen LogP contribution in [-0.2, 0) is 11.3 Å². The van der Waals surface area contributed by atoms with Crippen LogP contribution in [0, 0.1) is 0 Å². The fourth-order valence-electron chi connectivity index (χ4n) is 1.42. The number of pyridine rings is 1. The first-order valence-electron chi connectivity index (χ1n) is 4.85. The normalized spacial score (nSPS) is 10.2. The van der Waals surface area contributed by atoms with Crippen LogP contribution in [0.25, 0.3) is 10.9 Å². The number of fused-ring (bicyclic) bond motifs is 1. The van der Waals surface area contributed by atoms with Crippen LogP contribution in [0.15, 0.2) is 36.4 Å². The average molecular weight is 200 g/mol. The molecule has 2 rings (SSSR count). The summed E-state index contributed by atoms with van der Waals surface area (Å²) in [4.78, 5) is 15.2. The number of nitrogens with one attached hydrogen (secondary N) is 1. The number of para-hydroxylation sites is 1. The van der Waals surface area contributed by atoms with Crippen LogP contribution in [0.1, 0.15) is 12.6 Å². The molecule has 0 aliphatic carbocycles. The highest BCUT2D eigenvalue weighted by Crippen LogP contribution is 2.11. The minimum Gasteiger partial charge on any atom is -0.351 e. The molecule has 0 aliphatic rings. The summed E-state index contributed by atoms with van der Waals surface area (Å²) in [7, 11) is 0. The zero-order valence-corrected chi connectivity index (χ0v) is 8.53. The third-order valence-corrected chi connectivity index (χ3v) is 2.17. The number of carbonyl (C=O) groups excluding carboxylic acids is 1. The van der Waals surface area contributed by atoms with Gasteiger partial charge in [-0.3, -0.25) is 9.78 Å². The largest absolute Gasteiger partial charge is 0.351 e. The molecule has 0 unspecified atom stereocenters. The van der Waals surface area contributed by atoms with Crippen molar-refractivity contribution in [2.24, 2.45) is 0 Å². The van der Waals surface area contributed by atoms with Crippen LogP contribution in [-0.4, -0.2) is 10.9 Å². The van der Waals surface area contributed by atoms with Gasteiger partial charge in [0.2, 0.25) is 5.91 Å². The predicted molar refractivity (Wildman–Crippen MR) is 59.3 cm³/mol. The van der Waals surface area contributed by atoms with Gasteiger partial charge < -0.3 is 5.32 Å². The van der Waals surface area contributed by atoms with Gasteiger partial charge in [0.25, 0.3) is 0 Å². The van der Waals surface area contributed by atoms with Crippen molar-refractivity contribution in [3.63, 3.8) is 0 Å². The van der Waals surface area contributed by atoms with Crippen molar-refractivity contribution in [1.29, 1.82) is 0 Å². The number of aromatic nitrogens is 1. The number of hydrogen-bond acceptors (Lipinski definition) is 2. The van der Waals surface area contributed by atoms with Crippen molar-refractivity contribution in [2.45, 2.75) is 13.5 Å². The molecule has 0 radical (unpaired) electrons. The van der Waals surface area contributed by atoms with Gasteiger partial charge in [-0.1, -0.05) is 24.3 Å². The van der Waals surface area contributed by atoms with Gasteiger partial charge >= 0.3 is 0 Å². The standard InChI is InChI=1S/C12H12N2O/c1-9(15)13-8-11-7-6-10-4-2-3-5-12(10)14-11/h2-7H,8H2,1H3,(H,13,15). The molecule has 1 aromatic carbocycles. The van der Waals surface area contributed by atoms with E-state index in [1.165, 1.54) is 6.92 Å². The van der Waals surface area contributed by atoms with E-state index in [0.29, 0.717) is 6.54 Å². The Morgan fingerprint density at radius 1 is 1.27 bits per heavy atom. The van der Waals surface area contributed by atoms with Crippen LogP contribution >= 0.6 is 0 Å². The molecular weight excluding hydrogens is 188 g/mol. The van der Waals surface area contributed by atoms with Crippen LogP contribution in [0.4, 0.5) is 0 Å². The number of amides is 1. The minimum atomic E-state index is -0.0371. The monoisotopic (exact) mass is 200 g/mol. The van der Waals surface area contributed by atoms with Gasteiger partial charge in [0, 0.05) is 12.3 Å². The molecule has 76 valence electrons. The van der Waals surface area contributed by atoms with E-state index in [4.69, 9.17) is 0 Å². The molecule has 1 aromatic heterocycles. The van der Waals surface area contributed by atoms with Gasteiger partial charge in [0.05, 0.1) is 17.8 Å². The molecule has 0 bridgehead atoms. The van der Waals surface area contributed by atoms with Crippen molar-refractivity contribution >= 4 is 16.8 Å². The lowest BCUT2D eigenvalue weighted by Gasteiger charge is -2.03. The number of rotatable bonds is 2. The highest BCUT2D eigenvalue weighted by Gasteiger charge is 1.98. The SMILES string of the molecule is CC(=O)NCc1ccc2ccccc2n1. The number of nitrogens with zero attached hydrogens (tertiary/aromatic N) is 1. The topological polar surface area (TPSA) is 42.0 Å². The quantitative estimate of drug-likeness (QED) is 0.804. The second-order valence-electron chi connectivity index (χ2n) is 3.41. The molecule has 2 aromatic rings. The van der Waals surface area contributed by atoms with Crippen LogP contribution in [0.2, 0.25) is 0 Å². The molecule has 0 saturated heterocycles. The van der Waals surface area contributed by atoms with E-state index < -0.39 is 0 Å². The van der Waals surface area contributed by atoms with Gasteiger partial charge in [-0.15, -0.1) is 0 Å². The molecule has 0 saturated carbocycles. The van der Waals surface area contributed by atoms with Crippen molar-refractivity contribution in [2.75, 3.05) is 0 Å². The first-order valence-corrected chi connectivity index (χ1v) is 4.85. The summed E-state index contributed by atoms with van der Waals surface area (Å²) in [6, 6.07) is 11.9. The Bertz CT molecular complexity index is 494. The predicted octanol–water partition coefficient (Wildman–Crippen LogP) is 1.87. The first kappa shape index (κ1) is 9.65. The molecule has 3 heteroatoms. The van der Waals surface area contributed by atoms with Crippen molar-refractivity contribution in [3.8, 4) is 0 Å². The van der Waals surface area contributed by atoms with E-state index in [2.05, 4.69) is 10.3 Å². The van der Waals surface area contributed by atoms with Gasteiger partial charge in [0.15, 0.2) is 0 Å². The third kappa shape index (κ3) is 2.31.